The summed E-state index contributed by atoms with van der Waals surface area (Å²) < 4.78 is 11.3. The lowest BCUT2D eigenvalue weighted by atomic mass is 10.0. The van der Waals surface area contributed by atoms with Gasteiger partial charge >= 0.3 is 0 Å². The Kier molecular flexibility index (Phi) is 3.47. The highest BCUT2D eigenvalue weighted by Crippen LogP contribution is 2.27. The van der Waals surface area contributed by atoms with Crippen molar-refractivity contribution in [3.8, 4) is 5.75 Å². The minimum atomic E-state index is 0.158. The van der Waals surface area contributed by atoms with Gasteiger partial charge in [-0.3, -0.25) is 4.79 Å². The SMILES string of the molecule is O=Cc1c(OC[C@H]2CCCO2)ccc2ccccc12. The number of rotatable bonds is 4. The molecule has 19 heavy (non-hydrogen) atoms. The summed E-state index contributed by atoms with van der Waals surface area (Å²) in [7, 11) is 0. The van der Waals surface area contributed by atoms with Crippen molar-refractivity contribution >= 4 is 17.1 Å². The van der Waals surface area contributed by atoms with Gasteiger partial charge in [-0.15, -0.1) is 0 Å². The van der Waals surface area contributed by atoms with E-state index in [0.717, 1.165) is 36.5 Å². The Morgan fingerprint density at radius 2 is 2.16 bits per heavy atom. The fourth-order valence-electron chi connectivity index (χ4n) is 2.48. The van der Waals surface area contributed by atoms with Crippen molar-refractivity contribution < 1.29 is 14.3 Å². The first-order valence-corrected chi connectivity index (χ1v) is 6.60. The second kappa shape index (κ2) is 5.41. The lowest BCUT2D eigenvalue weighted by Gasteiger charge is -2.14. The fraction of sp³-hybridized carbons (Fsp3) is 0.312. The standard InChI is InChI=1S/C16H16O3/c17-10-15-14-6-2-1-4-12(14)7-8-16(15)19-11-13-5-3-9-18-13/h1-2,4,6-8,10,13H,3,5,9,11H2/t13-/m1/s1. The molecule has 3 nitrogen and oxygen atoms in total. The Hall–Kier alpha value is -1.87. The summed E-state index contributed by atoms with van der Waals surface area (Å²) in [5, 5.41) is 1.98. The lowest BCUT2D eigenvalue weighted by molar-refractivity contribution is 0.0676. The Labute approximate surface area is 112 Å². The molecular weight excluding hydrogens is 240 g/mol. The van der Waals surface area contributed by atoms with Crippen LogP contribution in [0.3, 0.4) is 0 Å². The van der Waals surface area contributed by atoms with E-state index in [1.54, 1.807) is 0 Å². The molecule has 2 aromatic rings. The normalized spacial score (nSPS) is 18.6. The first-order chi connectivity index (χ1) is 9.38. The quantitative estimate of drug-likeness (QED) is 0.788. The molecule has 0 aliphatic carbocycles. The van der Waals surface area contributed by atoms with Crippen LogP contribution in [0, 0.1) is 0 Å². The summed E-state index contributed by atoms with van der Waals surface area (Å²) in [5.41, 5.74) is 0.621. The number of ether oxygens (including phenoxy) is 2. The predicted molar refractivity (Wildman–Crippen MR) is 73.8 cm³/mol. The number of hydrogen-bond acceptors (Lipinski definition) is 3. The zero-order chi connectivity index (χ0) is 13.1. The van der Waals surface area contributed by atoms with Crippen molar-refractivity contribution in [3.05, 3.63) is 42.0 Å². The maximum absolute atomic E-state index is 11.3. The molecule has 3 rings (SSSR count). The highest BCUT2D eigenvalue weighted by atomic mass is 16.5. The number of hydrogen-bond donors (Lipinski definition) is 0. The van der Waals surface area contributed by atoms with E-state index in [2.05, 4.69) is 0 Å². The zero-order valence-electron chi connectivity index (χ0n) is 10.7. The number of fused-ring (bicyclic) bond motifs is 1. The van der Waals surface area contributed by atoms with Crippen LogP contribution in [0.25, 0.3) is 10.8 Å². The van der Waals surface area contributed by atoms with Crippen molar-refractivity contribution in [1.29, 1.82) is 0 Å². The molecule has 1 heterocycles. The van der Waals surface area contributed by atoms with Gasteiger partial charge in [0.2, 0.25) is 0 Å². The van der Waals surface area contributed by atoms with E-state index in [9.17, 15) is 4.79 Å². The zero-order valence-corrected chi connectivity index (χ0v) is 10.7. The molecule has 1 aliphatic rings. The molecule has 0 aromatic heterocycles. The van der Waals surface area contributed by atoms with Gasteiger partial charge in [0.15, 0.2) is 6.29 Å². The van der Waals surface area contributed by atoms with Gasteiger partial charge in [0.1, 0.15) is 12.4 Å². The molecule has 1 saturated heterocycles. The average molecular weight is 256 g/mol. The van der Waals surface area contributed by atoms with Crippen LogP contribution < -0.4 is 4.74 Å². The van der Waals surface area contributed by atoms with Crippen LogP contribution in [0.15, 0.2) is 36.4 Å². The Morgan fingerprint density at radius 3 is 2.95 bits per heavy atom. The summed E-state index contributed by atoms with van der Waals surface area (Å²) in [5.74, 6) is 0.643. The number of carbonyl (C=O) groups is 1. The molecule has 98 valence electrons. The molecule has 0 bridgehead atoms. The van der Waals surface area contributed by atoms with Crippen LogP contribution in [-0.2, 0) is 4.74 Å². The molecular formula is C16H16O3. The average Bonchev–Trinajstić information content (AvgIpc) is 2.97. The highest BCUT2D eigenvalue weighted by Gasteiger charge is 2.17. The summed E-state index contributed by atoms with van der Waals surface area (Å²) in [6.45, 7) is 1.32. The van der Waals surface area contributed by atoms with Crippen LogP contribution in [0.1, 0.15) is 23.2 Å². The molecule has 0 N–H and O–H groups in total. The summed E-state index contributed by atoms with van der Waals surface area (Å²) >= 11 is 0. The van der Waals surface area contributed by atoms with Gasteiger partial charge in [-0.2, -0.15) is 0 Å². The van der Waals surface area contributed by atoms with E-state index in [-0.39, 0.29) is 6.10 Å². The maximum Gasteiger partial charge on any atom is 0.154 e. The van der Waals surface area contributed by atoms with Gasteiger partial charge in [-0.05, 0) is 29.7 Å². The van der Waals surface area contributed by atoms with Gasteiger partial charge in [-0.25, -0.2) is 0 Å². The van der Waals surface area contributed by atoms with E-state index in [4.69, 9.17) is 9.47 Å². The molecule has 0 spiro atoms. The predicted octanol–water partition coefficient (Wildman–Crippen LogP) is 3.21. The molecule has 1 atom stereocenters. The van der Waals surface area contributed by atoms with E-state index in [1.807, 2.05) is 36.4 Å². The number of aldehydes is 1. The first kappa shape index (κ1) is 12.2. The topological polar surface area (TPSA) is 35.5 Å². The lowest BCUT2D eigenvalue weighted by Crippen LogP contribution is -2.16. The minimum absolute atomic E-state index is 0.158. The second-order valence-electron chi connectivity index (χ2n) is 4.76. The third-order valence-electron chi connectivity index (χ3n) is 3.50. The van der Waals surface area contributed by atoms with Crippen LogP contribution in [0.2, 0.25) is 0 Å². The van der Waals surface area contributed by atoms with Gasteiger partial charge < -0.3 is 9.47 Å². The van der Waals surface area contributed by atoms with Gasteiger partial charge in [-0.1, -0.05) is 30.3 Å². The van der Waals surface area contributed by atoms with E-state index in [0.29, 0.717) is 17.9 Å². The Morgan fingerprint density at radius 1 is 1.26 bits per heavy atom. The van der Waals surface area contributed by atoms with Crippen LogP contribution >= 0.6 is 0 Å². The molecule has 2 aromatic carbocycles. The van der Waals surface area contributed by atoms with Gasteiger partial charge in [0, 0.05) is 6.61 Å². The first-order valence-electron chi connectivity index (χ1n) is 6.60. The molecule has 0 unspecified atom stereocenters. The van der Waals surface area contributed by atoms with Gasteiger partial charge in [0.25, 0.3) is 0 Å². The Bertz CT molecular complexity index is 586. The smallest absolute Gasteiger partial charge is 0.154 e. The molecule has 3 heteroatoms. The monoisotopic (exact) mass is 256 g/mol. The molecule has 0 amide bonds. The molecule has 1 aliphatic heterocycles. The van der Waals surface area contributed by atoms with Crippen molar-refractivity contribution in [2.45, 2.75) is 18.9 Å². The molecule has 0 radical (unpaired) electrons. The maximum atomic E-state index is 11.3. The molecule has 1 fully saturated rings. The van der Waals surface area contributed by atoms with E-state index in [1.165, 1.54) is 0 Å². The number of benzene rings is 2. The van der Waals surface area contributed by atoms with Crippen molar-refractivity contribution in [3.63, 3.8) is 0 Å². The Balaban J connectivity index is 1.87. The fourth-order valence-corrected chi connectivity index (χ4v) is 2.48. The van der Waals surface area contributed by atoms with Crippen molar-refractivity contribution in [2.75, 3.05) is 13.2 Å². The van der Waals surface area contributed by atoms with Crippen LogP contribution in [0.4, 0.5) is 0 Å². The third-order valence-corrected chi connectivity index (χ3v) is 3.50. The largest absolute Gasteiger partial charge is 0.490 e. The van der Waals surface area contributed by atoms with Crippen LogP contribution in [-0.4, -0.2) is 25.6 Å². The third kappa shape index (κ3) is 2.47. The summed E-state index contributed by atoms with van der Waals surface area (Å²) in [4.78, 5) is 11.3. The van der Waals surface area contributed by atoms with Crippen molar-refractivity contribution in [1.82, 2.24) is 0 Å². The van der Waals surface area contributed by atoms with Crippen molar-refractivity contribution in [2.24, 2.45) is 0 Å². The summed E-state index contributed by atoms with van der Waals surface area (Å²) in [6, 6.07) is 11.7. The van der Waals surface area contributed by atoms with E-state index < -0.39 is 0 Å². The van der Waals surface area contributed by atoms with Gasteiger partial charge in [0.05, 0.1) is 11.7 Å². The summed E-state index contributed by atoms with van der Waals surface area (Å²) in [6.07, 6.45) is 3.15. The minimum Gasteiger partial charge on any atom is -0.490 e. The van der Waals surface area contributed by atoms with E-state index >= 15 is 0 Å². The second-order valence-corrected chi connectivity index (χ2v) is 4.76. The number of carbonyl (C=O) groups excluding carboxylic acids is 1. The highest BCUT2D eigenvalue weighted by molar-refractivity contribution is 6.00. The van der Waals surface area contributed by atoms with Crippen LogP contribution in [0.5, 0.6) is 5.75 Å². The molecule has 0 saturated carbocycles.